The molecule has 0 bridgehead atoms. The molecule has 1 aliphatic heterocycles. The van der Waals surface area contributed by atoms with Gasteiger partial charge in [0.2, 0.25) is 0 Å². The van der Waals surface area contributed by atoms with Crippen molar-refractivity contribution >= 4 is 23.1 Å². The molecule has 148 valence electrons. The van der Waals surface area contributed by atoms with Gasteiger partial charge in [-0.25, -0.2) is 9.97 Å². The summed E-state index contributed by atoms with van der Waals surface area (Å²) >= 11 is 0. The van der Waals surface area contributed by atoms with E-state index >= 15 is 0 Å². The monoisotopic (exact) mass is 387 g/mol. The number of rotatable bonds is 6. The van der Waals surface area contributed by atoms with E-state index in [0.29, 0.717) is 18.1 Å². The van der Waals surface area contributed by atoms with Gasteiger partial charge in [-0.15, -0.1) is 0 Å². The van der Waals surface area contributed by atoms with E-state index in [1.807, 2.05) is 43.3 Å². The van der Waals surface area contributed by atoms with Gasteiger partial charge < -0.3 is 15.5 Å². The number of amides is 1. The molecule has 29 heavy (non-hydrogen) atoms. The second kappa shape index (κ2) is 8.73. The number of aromatic nitrogens is 2. The number of hydrogen-bond acceptors (Lipinski definition) is 5. The lowest BCUT2D eigenvalue weighted by molar-refractivity contribution is 0.0945. The minimum absolute atomic E-state index is 0.234. The van der Waals surface area contributed by atoms with Crippen LogP contribution >= 0.6 is 0 Å². The molecule has 6 heteroatoms. The summed E-state index contributed by atoms with van der Waals surface area (Å²) in [4.78, 5) is 23.3. The molecule has 0 radical (unpaired) electrons. The lowest BCUT2D eigenvalue weighted by Crippen LogP contribution is -2.24. The molecule has 2 N–H and O–H groups in total. The van der Waals surface area contributed by atoms with Gasteiger partial charge in [0, 0.05) is 31.0 Å². The molecule has 0 saturated carbocycles. The summed E-state index contributed by atoms with van der Waals surface area (Å²) in [7, 11) is 0. The van der Waals surface area contributed by atoms with Gasteiger partial charge in [0.15, 0.2) is 0 Å². The highest BCUT2D eigenvalue weighted by Gasteiger charge is 2.12. The molecule has 1 aromatic heterocycles. The molecule has 0 atom stereocenters. The fourth-order valence-electron chi connectivity index (χ4n) is 3.46. The highest BCUT2D eigenvalue weighted by atomic mass is 16.1. The lowest BCUT2D eigenvalue weighted by Gasteiger charge is -2.17. The van der Waals surface area contributed by atoms with E-state index in [-0.39, 0.29) is 5.91 Å². The molecule has 1 amide bonds. The summed E-state index contributed by atoms with van der Waals surface area (Å²) in [5.74, 6) is 0.372. The van der Waals surface area contributed by atoms with Crippen molar-refractivity contribution in [1.29, 1.82) is 0 Å². The number of carbonyl (C=O) groups excluding carboxylic acids is 1. The van der Waals surface area contributed by atoms with E-state index in [1.54, 1.807) is 6.20 Å². The van der Waals surface area contributed by atoms with Crippen LogP contribution in [0.15, 0.2) is 60.9 Å². The van der Waals surface area contributed by atoms with Crippen molar-refractivity contribution in [3.05, 3.63) is 77.7 Å². The predicted molar refractivity (Wildman–Crippen MR) is 116 cm³/mol. The Hall–Kier alpha value is -3.41. The Morgan fingerprint density at radius 3 is 2.45 bits per heavy atom. The molecular weight excluding hydrogens is 362 g/mol. The zero-order valence-electron chi connectivity index (χ0n) is 16.6. The molecule has 1 aliphatic rings. The molecule has 2 heterocycles. The number of anilines is 3. The normalized spacial score (nSPS) is 13.3. The van der Waals surface area contributed by atoms with E-state index < -0.39 is 0 Å². The fraction of sp³-hybridized carbons (Fsp3) is 0.261. The Morgan fingerprint density at radius 2 is 1.76 bits per heavy atom. The number of benzene rings is 2. The van der Waals surface area contributed by atoms with Gasteiger partial charge in [0.25, 0.3) is 5.91 Å². The van der Waals surface area contributed by atoms with Crippen LogP contribution in [0.25, 0.3) is 0 Å². The Kier molecular flexibility index (Phi) is 5.70. The molecule has 0 unspecified atom stereocenters. The van der Waals surface area contributed by atoms with Crippen LogP contribution in [0.1, 0.15) is 34.5 Å². The fourth-order valence-corrected chi connectivity index (χ4v) is 3.46. The van der Waals surface area contributed by atoms with Gasteiger partial charge in [0.1, 0.15) is 11.5 Å². The van der Waals surface area contributed by atoms with E-state index in [0.717, 1.165) is 29.9 Å². The summed E-state index contributed by atoms with van der Waals surface area (Å²) in [5, 5.41) is 6.12. The standard InChI is InChI=1S/C23H25N5O/c1-17-6-2-3-7-18(17)14-26-23(29)21-15-25-22(16-24-21)27-19-8-10-20(11-9-19)28-12-4-5-13-28/h2-3,6-11,15-16H,4-5,12-14H2,1H3,(H,25,27)(H,26,29). The van der Waals surface area contributed by atoms with Gasteiger partial charge >= 0.3 is 0 Å². The molecule has 0 aliphatic carbocycles. The quantitative estimate of drug-likeness (QED) is 0.667. The topological polar surface area (TPSA) is 70.2 Å². The Morgan fingerprint density at radius 1 is 1.00 bits per heavy atom. The minimum Gasteiger partial charge on any atom is -0.372 e. The van der Waals surface area contributed by atoms with Crippen LogP contribution in [0.5, 0.6) is 0 Å². The molecule has 6 nitrogen and oxygen atoms in total. The summed E-state index contributed by atoms with van der Waals surface area (Å²) in [5.41, 5.74) is 4.73. The van der Waals surface area contributed by atoms with Gasteiger partial charge in [-0.1, -0.05) is 24.3 Å². The first kappa shape index (κ1) is 18.9. The van der Waals surface area contributed by atoms with Crippen LogP contribution in [-0.2, 0) is 6.54 Å². The number of carbonyl (C=O) groups is 1. The maximum Gasteiger partial charge on any atom is 0.271 e. The summed E-state index contributed by atoms with van der Waals surface area (Å²) in [6.07, 6.45) is 5.60. The lowest BCUT2D eigenvalue weighted by atomic mass is 10.1. The van der Waals surface area contributed by atoms with Crippen molar-refractivity contribution in [3.8, 4) is 0 Å². The van der Waals surface area contributed by atoms with E-state index in [1.165, 1.54) is 24.7 Å². The highest BCUT2D eigenvalue weighted by molar-refractivity contribution is 5.92. The van der Waals surface area contributed by atoms with Crippen LogP contribution in [-0.4, -0.2) is 29.0 Å². The third kappa shape index (κ3) is 4.71. The van der Waals surface area contributed by atoms with Crippen molar-refractivity contribution in [2.24, 2.45) is 0 Å². The largest absolute Gasteiger partial charge is 0.372 e. The molecule has 3 aromatic rings. The molecule has 0 spiro atoms. The number of hydrogen-bond donors (Lipinski definition) is 2. The average molecular weight is 387 g/mol. The summed E-state index contributed by atoms with van der Waals surface area (Å²) in [6.45, 7) is 4.76. The van der Waals surface area contributed by atoms with Crippen molar-refractivity contribution in [3.63, 3.8) is 0 Å². The second-order valence-corrected chi connectivity index (χ2v) is 7.26. The van der Waals surface area contributed by atoms with E-state index in [9.17, 15) is 4.79 Å². The minimum atomic E-state index is -0.234. The molecule has 1 fully saturated rings. The van der Waals surface area contributed by atoms with Crippen molar-refractivity contribution in [1.82, 2.24) is 15.3 Å². The van der Waals surface area contributed by atoms with Gasteiger partial charge in [0.05, 0.1) is 12.4 Å². The third-order valence-electron chi connectivity index (χ3n) is 5.20. The van der Waals surface area contributed by atoms with Crippen molar-refractivity contribution in [2.45, 2.75) is 26.3 Å². The SMILES string of the molecule is Cc1ccccc1CNC(=O)c1cnc(Nc2ccc(N3CCCC3)cc2)cn1. The van der Waals surface area contributed by atoms with Crippen LogP contribution in [0.2, 0.25) is 0 Å². The highest BCUT2D eigenvalue weighted by Crippen LogP contribution is 2.23. The van der Waals surface area contributed by atoms with Crippen LogP contribution in [0, 0.1) is 6.92 Å². The van der Waals surface area contributed by atoms with Crippen molar-refractivity contribution in [2.75, 3.05) is 23.3 Å². The van der Waals surface area contributed by atoms with E-state index in [4.69, 9.17) is 0 Å². The molecular formula is C23H25N5O. The number of nitrogens with zero attached hydrogens (tertiary/aromatic N) is 3. The van der Waals surface area contributed by atoms with Gasteiger partial charge in [-0.05, 0) is 55.2 Å². The first-order chi connectivity index (χ1) is 14.2. The molecule has 2 aromatic carbocycles. The zero-order chi connectivity index (χ0) is 20.1. The third-order valence-corrected chi connectivity index (χ3v) is 5.20. The van der Waals surface area contributed by atoms with Crippen molar-refractivity contribution < 1.29 is 4.79 Å². The van der Waals surface area contributed by atoms with Gasteiger partial charge in [-0.2, -0.15) is 0 Å². The maximum atomic E-state index is 12.3. The number of nitrogens with one attached hydrogen (secondary N) is 2. The average Bonchev–Trinajstić information content (AvgIpc) is 3.29. The maximum absolute atomic E-state index is 12.3. The summed E-state index contributed by atoms with van der Waals surface area (Å²) in [6, 6.07) is 16.3. The van der Waals surface area contributed by atoms with E-state index in [2.05, 4.69) is 37.6 Å². The number of aryl methyl sites for hydroxylation is 1. The second-order valence-electron chi connectivity index (χ2n) is 7.26. The summed E-state index contributed by atoms with van der Waals surface area (Å²) < 4.78 is 0. The van der Waals surface area contributed by atoms with Crippen LogP contribution in [0.3, 0.4) is 0 Å². The van der Waals surface area contributed by atoms with Crippen LogP contribution in [0.4, 0.5) is 17.2 Å². The molecule has 4 rings (SSSR count). The predicted octanol–water partition coefficient (Wildman–Crippen LogP) is 4.06. The van der Waals surface area contributed by atoms with Crippen LogP contribution < -0.4 is 15.5 Å². The Bertz CT molecular complexity index is 963. The Balaban J connectivity index is 1.33. The molecule has 1 saturated heterocycles. The zero-order valence-corrected chi connectivity index (χ0v) is 16.6. The van der Waals surface area contributed by atoms with Gasteiger partial charge in [-0.3, -0.25) is 4.79 Å². The Labute approximate surface area is 171 Å². The first-order valence-corrected chi connectivity index (χ1v) is 9.96. The smallest absolute Gasteiger partial charge is 0.271 e. The first-order valence-electron chi connectivity index (χ1n) is 9.96.